The maximum atomic E-state index is 11.0. The van der Waals surface area contributed by atoms with Crippen molar-refractivity contribution in [2.24, 2.45) is 0 Å². The molecule has 0 aliphatic carbocycles. The lowest BCUT2D eigenvalue weighted by molar-refractivity contribution is 0.205. The number of aromatic hydroxyl groups is 1. The number of ether oxygens (including phenoxy) is 1. The van der Waals surface area contributed by atoms with Gasteiger partial charge in [-0.05, 0) is 49.1 Å². The first kappa shape index (κ1) is 19.1. The summed E-state index contributed by atoms with van der Waals surface area (Å²) in [5.74, 6) is 1.69. The summed E-state index contributed by atoms with van der Waals surface area (Å²) in [5, 5.41) is 15.4. The standard InChI is InChI=1S/C23H24N4O2S/c1-3-29-19-10-8-17(9-11-19)20(21-22(28)27-23(30-21)24-15(2)25-27)26-13-12-16-6-4-5-7-18(16)14-26/h4-11,20,28H,3,12-14H2,1-2H3/t20-/m1/s1. The van der Waals surface area contributed by atoms with Gasteiger partial charge in [0, 0.05) is 13.1 Å². The Morgan fingerprint density at radius 1 is 1.13 bits per heavy atom. The molecule has 6 nitrogen and oxygen atoms in total. The van der Waals surface area contributed by atoms with Gasteiger partial charge in [-0.25, -0.2) is 4.98 Å². The molecule has 0 radical (unpaired) electrons. The van der Waals surface area contributed by atoms with Crippen LogP contribution in [0.5, 0.6) is 11.6 Å². The lowest BCUT2D eigenvalue weighted by atomic mass is 9.95. The van der Waals surface area contributed by atoms with Crippen LogP contribution in [0.2, 0.25) is 0 Å². The fourth-order valence-corrected chi connectivity index (χ4v) is 5.37. The third kappa shape index (κ3) is 3.34. The number of nitrogens with zero attached hydrogens (tertiary/aromatic N) is 4. The van der Waals surface area contributed by atoms with Crippen molar-refractivity contribution in [1.29, 1.82) is 0 Å². The first-order valence-corrected chi connectivity index (χ1v) is 11.0. The summed E-state index contributed by atoms with van der Waals surface area (Å²) in [5.41, 5.74) is 3.87. The van der Waals surface area contributed by atoms with Crippen LogP contribution in [0.25, 0.3) is 4.96 Å². The molecule has 5 rings (SSSR count). The van der Waals surface area contributed by atoms with Gasteiger partial charge in [0.15, 0.2) is 0 Å². The molecule has 0 fully saturated rings. The third-order valence-electron chi connectivity index (χ3n) is 5.59. The highest BCUT2D eigenvalue weighted by molar-refractivity contribution is 7.17. The Labute approximate surface area is 179 Å². The number of hydrogen-bond donors (Lipinski definition) is 1. The van der Waals surface area contributed by atoms with Gasteiger partial charge >= 0.3 is 0 Å². The van der Waals surface area contributed by atoms with Gasteiger partial charge in [0.05, 0.1) is 17.5 Å². The minimum atomic E-state index is -0.0807. The monoisotopic (exact) mass is 420 g/mol. The van der Waals surface area contributed by atoms with Gasteiger partial charge in [0.2, 0.25) is 10.8 Å². The average Bonchev–Trinajstić information content (AvgIpc) is 3.27. The number of fused-ring (bicyclic) bond motifs is 2. The molecule has 0 saturated heterocycles. The van der Waals surface area contributed by atoms with Gasteiger partial charge in [-0.3, -0.25) is 4.90 Å². The quantitative estimate of drug-likeness (QED) is 0.520. The van der Waals surface area contributed by atoms with Crippen molar-refractivity contribution in [3.05, 3.63) is 75.9 Å². The van der Waals surface area contributed by atoms with E-state index in [0.717, 1.165) is 35.7 Å². The molecule has 0 amide bonds. The van der Waals surface area contributed by atoms with E-state index in [2.05, 4.69) is 51.4 Å². The zero-order valence-electron chi connectivity index (χ0n) is 17.1. The van der Waals surface area contributed by atoms with Crippen LogP contribution in [0, 0.1) is 6.92 Å². The van der Waals surface area contributed by atoms with E-state index in [-0.39, 0.29) is 11.9 Å². The Balaban J connectivity index is 1.58. The predicted octanol–water partition coefficient (Wildman–Crippen LogP) is 4.35. The molecule has 1 aliphatic rings. The van der Waals surface area contributed by atoms with Crippen molar-refractivity contribution in [3.8, 4) is 11.6 Å². The molecule has 1 atom stereocenters. The summed E-state index contributed by atoms with van der Waals surface area (Å²) in [4.78, 5) is 8.47. The van der Waals surface area contributed by atoms with E-state index in [1.807, 2.05) is 26.0 Å². The second kappa shape index (κ2) is 7.74. The van der Waals surface area contributed by atoms with Crippen LogP contribution in [0.1, 0.15) is 40.4 Å². The molecule has 2 aromatic heterocycles. The molecule has 0 spiro atoms. The number of benzene rings is 2. The molecule has 154 valence electrons. The van der Waals surface area contributed by atoms with Gasteiger partial charge in [-0.15, -0.1) is 5.10 Å². The summed E-state index contributed by atoms with van der Waals surface area (Å²) in [6.07, 6.45) is 0.990. The molecule has 0 bridgehead atoms. The van der Waals surface area contributed by atoms with Gasteiger partial charge in [0.25, 0.3) is 0 Å². The van der Waals surface area contributed by atoms with Crippen LogP contribution in [-0.4, -0.2) is 37.8 Å². The fraction of sp³-hybridized carbons (Fsp3) is 0.304. The maximum Gasteiger partial charge on any atom is 0.230 e. The highest BCUT2D eigenvalue weighted by Crippen LogP contribution is 2.41. The molecular weight excluding hydrogens is 396 g/mol. The second-order valence-corrected chi connectivity index (χ2v) is 8.55. The Morgan fingerprint density at radius 3 is 2.63 bits per heavy atom. The summed E-state index contributed by atoms with van der Waals surface area (Å²) < 4.78 is 7.18. The van der Waals surface area contributed by atoms with E-state index in [1.54, 1.807) is 4.52 Å². The van der Waals surface area contributed by atoms with Gasteiger partial charge in [-0.2, -0.15) is 4.52 Å². The Bertz CT molecular complexity index is 1180. The third-order valence-corrected chi connectivity index (χ3v) is 6.66. The first-order valence-electron chi connectivity index (χ1n) is 10.2. The SMILES string of the molecule is CCOc1ccc([C@H](c2sc3nc(C)nn3c2O)N2CCc3ccccc3C2)cc1. The summed E-state index contributed by atoms with van der Waals surface area (Å²) in [6.45, 7) is 6.21. The summed E-state index contributed by atoms with van der Waals surface area (Å²) >= 11 is 1.50. The molecule has 0 unspecified atom stereocenters. The highest BCUT2D eigenvalue weighted by Gasteiger charge is 2.31. The molecule has 4 aromatic rings. The molecule has 30 heavy (non-hydrogen) atoms. The van der Waals surface area contributed by atoms with Crippen LogP contribution in [-0.2, 0) is 13.0 Å². The second-order valence-electron chi connectivity index (χ2n) is 7.54. The van der Waals surface area contributed by atoms with Crippen LogP contribution in [0.3, 0.4) is 0 Å². The van der Waals surface area contributed by atoms with E-state index in [1.165, 1.54) is 22.5 Å². The number of hydrogen-bond acceptors (Lipinski definition) is 6. The Hall–Kier alpha value is -2.90. The molecule has 1 aliphatic heterocycles. The minimum Gasteiger partial charge on any atom is -0.494 e. The van der Waals surface area contributed by atoms with Gasteiger partial charge in [-0.1, -0.05) is 47.7 Å². The van der Waals surface area contributed by atoms with E-state index >= 15 is 0 Å². The smallest absolute Gasteiger partial charge is 0.230 e. The molecule has 1 N–H and O–H groups in total. The van der Waals surface area contributed by atoms with Crippen molar-refractivity contribution in [2.45, 2.75) is 32.9 Å². The van der Waals surface area contributed by atoms with Crippen LogP contribution >= 0.6 is 11.3 Å². The molecular formula is C23H24N4O2S. The van der Waals surface area contributed by atoms with Crippen LogP contribution in [0.15, 0.2) is 48.5 Å². The minimum absolute atomic E-state index is 0.0807. The number of aryl methyl sites for hydroxylation is 1. The maximum absolute atomic E-state index is 11.0. The Kier molecular flexibility index (Phi) is 4.92. The largest absolute Gasteiger partial charge is 0.494 e. The summed E-state index contributed by atoms with van der Waals surface area (Å²) in [7, 11) is 0. The van der Waals surface area contributed by atoms with Crippen molar-refractivity contribution >= 4 is 16.3 Å². The number of aromatic nitrogens is 3. The lowest BCUT2D eigenvalue weighted by Crippen LogP contribution is -2.34. The molecule has 7 heteroatoms. The van der Waals surface area contributed by atoms with Crippen molar-refractivity contribution in [1.82, 2.24) is 19.5 Å². The number of rotatable bonds is 5. The van der Waals surface area contributed by atoms with Crippen molar-refractivity contribution in [2.75, 3.05) is 13.2 Å². The predicted molar refractivity (Wildman–Crippen MR) is 117 cm³/mol. The van der Waals surface area contributed by atoms with Gasteiger partial charge in [0.1, 0.15) is 11.6 Å². The molecule has 0 saturated carbocycles. The van der Waals surface area contributed by atoms with E-state index in [4.69, 9.17) is 4.74 Å². The van der Waals surface area contributed by atoms with E-state index < -0.39 is 0 Å². The summed E-state index contributed by atoms with van der Waals surface area (Å²) in [6, 6.07) is 16.7. The van der Waals surface area contributed by atoms with Crippen LogP contribution in [0.4, 0.5) is 0 Å². The van der Waals surface area contributed by atoms with Crippen molar-refractivity contribution in [3.63, 3.8) is 0 Å². The van der Waals surface area contributed by atoms with Crippen LogP contribution < -0.4 is 4.74 Å². The molecule has 2 aromatic carbocycles. The highest BCUT2D eigenvalue weighted by atomic mass is 32.1. The van der Waals surface area contributed by atoms with E-state index in [9.17, 15) is 5.11 Å². The van der Waals surface area contributed by atoms with Gasteiger partial charge < -0.3 is 9.84 Å². The zero-order valence-corrected chi connectivity index (χ0v) is 17.9. The fourth-order valence-electron chi connectivity index (χ4n) is 4.21. The topological polar surface area (TPSA) is 62.9 Å². The van der Waals surface area contributed by atoms with Crippen molar-refractivity contribution < 1.29 is 9.84 Å². The molecule has 3 heterocycles. The van der Waals surface area contributed by atoms with E-state index in [0.29, 0.717) is 17.4 Å². The zero-order chi connectivity index (χ0) is 20.7. The first-order chi connectivity index (χ1) is 14.6. The number of thiazole rings is 1. The Morgan fingerprint density at radius 2 is 1.90 bits per heavy atom. The average molecular weight is 421 g/mol. The normalized spacial score (nSPS) is 15.3. The lowest BCUT2D eigenvalue weighted by Gasteiger charge is -2.35.